The number of rotatable bonds is 4. The van der Waals surface area contributed by atoms with Gasteiger partial charge in [0.15, 0.2) is 0 Å². The molecule has 11 heteroatoms. The number of aryl methyl sites for hydroxylation is 1. The zero-order valence-corrected chi connectivity index (χ0v) is 19.2. The van der Waals surface area contributed by atoms with Crippen molar-refractivity contribution >= 4 is 38.4 Å². The van der Waals surface area contributed by atoms with Gasteiger partial charge in [-0.1, -0.05) is 18.2 Å². The van der Waals surface area contributed by atoms with Crippen molar-refractivity contribution in [1.82, 2.24) is 9.88 Å². The Labute approximate surface area is 193 Å². The zero-order valence-electron chi connectivity index (χ0n) is 18.4. The van der Waals surface area contributed by atoms with E-state index in [4.69, 9.17) is 0 Å². The predicted molar refractivity (Wildman–Crippen MR) is 119 cm³/mol. The number of amides is 3. The Bertz CT molecular complexity index is 1420. The fourth-order valence-corrected chi connectivity index (χ4v) is 4.66. The molecular weight excluding hydrogens is 471 g/mol. The Morgan fingerprint density at radius 3 is 2.24 bits per heavy atom. The van der Waals surface area contributed by atoms with Gasteiger partial charge < -0.3 is 4.90 Å². The number of sulfone groups is 1. The molecule has 1 aromatic heterocycles. The molecule has 3 amide bonds. The summed E-state index contributed by atoms with van der Waals surface area (Å²) in [5.41, 5.74) is -4.37. The predicted octanol–water partition coefficient (Wildman–Crippen LogP) is 4.58. The van der Waals surface area contributed by atoms with Gasteiger partial charge in [-0.2, -0.15) is 13.2 Å². The lowest BCUT2D eigenvalue weighted by Gasteiger charge is -2.28. The van der Waals surface area contributed by atoms with Gasteiger partial charge in [-0.05, 0) is 62.2 Å². The number of halogens is 3. The molecule has 0 saturated carbocycles. The topological polar surface area (TPSA) is 87.7 Å². The fraction of sp³-hybridized carbons (Fsp3) is 0.261. The zero-order chi connectivity index (χ0) is 25.1. The molecule has 1 aliphatic heterocycles. The highest BCUT2D eigenvalue weighted by Gasteiger charge is 2.52. The lowest BCUT2D eigenvalue weighted by molar-refractivity contribution is -0.123. The Morgan fingerprint density at radius 2 is 1.62 bits per heavy atom. The molecule has 178 valence electrons. The fourth-order valence-electron chi connectivity index (χ4n) is 3.90. The van der Waals surface area contributed by atoms with Crippen LogP contribution < -0.4 is 4.90 Å². The first-order valence-electron chi connectivity index (χ1n) is 10.2. The van der Waals surface area contributed by atoms with Gasteiger partial charge in [0.1, 0.15) is 5.54 Å². The Hall–Kier alpha value is -3.47. The summed E-state index contributed by atoms with van der Waals surface area (Å²) < 4.78 is 61.7. The number of urea groups is 1. The van der Waals surface area contributed by atoms with Crippen molar-refractivity contribution in [2.45, 2.75) is 43.3 Å². The third kappa shape index (κ3) is 3.60. The van der Waals surface area contributed by atoms with E-state index in [9.17, 15) is 31.2 Å². The molecule has 0 aliphatic carbocycles. The average molecular weight is 491 g/mol. The first kappa shape index (κ1) is 23.7. The molecule has 2 heterocycles. The largest absolute Gasteiger partial charge is 0.501 e. The van der Waals surface area contributed by atoms with E-state index in [0.717, 1.165) is 51.2 Å². The molecule has 0 unspecified atom stereocenters. The molecule has 7 nitrogen and oxygen atoms in total. The van der Waals surface area contributed by atoms with Crippen LogP contribution in [0.15, 0.2) is 59.6 Å². The monoisotopic (exact) mass is 491 g/mol. The van der Waals surface area contributed by atoms with Gasteiger partial charge in [-0.25, -0.2) is 18.1 Å². The Balaban J connectivity index is 1.71. The van der Waals surface area contributed by atoms with Crippen molar-refractivity contribution < 1.29 is 31.2 Å². The number of para-hydroxylation sites is 1. The molecule has 0 radical (unpaired) electrons. The van der Waals surface area contributed by atoms with Crippen LogP contribution in [0.1, 0.15) is 25.0 Å². The summed E-state index contributed by atoms with van der Waals surface area (Å²) in [6, 6.07) is 10.2. The number of imide groups is 1. The number of pyridine rings is 1. The Kier molecular flexibility index (Phi) is 5.43. The molecule has 34 heavy (non-hydrogen) atoms. The lowest BCUT2D eigenvalue weighted by Crippen LogP contribution is -2.43. The number of hydrogen-bond acceptors (Lipinski definition) is 5. The minimum atomic E-state index is -5.55. The first-order valence-corrected chi connectivity index (χ1v) is 11.7. The van der Waals surface area contributed by atoms with E-state index in [1.165, 1.54) is 4.90 Å². The van der Waals surface area contributed by atoms with Crippen LogP contribution in [0.5, 0.6) is 0 Å². The van der Waals surface area contributed by atoms with Crippen molar-refractivity contribution in [1.29, 1.82) is 0 Å². The summed E-state index contributed by atoms with van der Waals surface area (Å²) in [5, 5.41) is 0.832. The smallest absolute Gasteiger partial charge is 0.305 e. The number of hydrogen-bond donors (Lipinski definition) is 0. The molecule has 1 aliphatic rings. The highest BCUT2D eigenvalue weighted by Crippen LogP contribution is 2.36. The number of fused-ring (bicyclic) bond motifs is 1. The molecular formula is C23H20F3N3O4S. The number of aromatic nitrogens is 1. The standard InChI is InChI=1S/C23H20F3N3O4S/c1-14-12-27-19-7-5-4-6-17(19)18(14)13-28-21(31)29(20(30)22(28,2)3)15-8-10-16(11-9-15)34(32,33)23(24,25)26/h4-12H,13H2,1-3H3. The number of benzene rings is 2. The van der Waals surface area contributed by atoms with Crippen LogP contribution in [0.4, 0.5) is 23.7 Å². The number of nitrogens with zero attached hydrogens (tertiary/aromatic N) is 3. The molecule has 1 saturated heterocycles. The van der Waals surface area contributed by atoms with E-state index in [2.05, 4.69) is 4.98 Å². The highest BCUT2D eigenvalue weighted by molar-refractivity contribution is 7.92. The van der Waals surface area contributed by atoms with E-state index in [-0.39, 0.29) is 12.2 Å². The summed E-state index contributed by atoms with van der Waals surface area (Å²) in [7, 11) is -5.55. The van der Waals surface area contributed by atoms with Crippen molar-refractivity contribution in [2.75, 3.05) is 4.90 Å². The summed E-state index contributed by atoms with van der Waals surface area (Å²) >= 11 is 0. The summed E-state index contributed by atoms with van der Waals surface area (Å²) in [6.07, 6.45) is 1.69. The SMILES string of the molecule is Cc1cnc2ccccc2c1CN1C(=O)N(c2ccc(S(=O)(=O)C(F)(F)F)cc2)C(=O)C1(C)C. The molecule has 2 aromatic carbocycles. The molecule has 0 bridgehead atoms. The van der Waals surface area contributed by atoms with Crippen LogP contribution in [0.2, 0.25) is 0 Å². The van der Waals surface area contributed by atoms with E-state index < -0.39 is 37.7 Å². The number of anilines is 1. The number of alkyl halides is 3. The maximum absolute atomic E-state index is 13.3. The maximum Gasteiger partial charge on any atom is 0.501 e. The van der Waals surface area contributed by atoms with Gasteiger partial charge in [0, 0.05) is 18.1 Å². The lowest BCUT2D eigenvalue weighted by atomic mass is 10.00. The number of carbonyl (C=O) groups excluding carboxylic acids is 2. The number of carbonyl (C=O) groups is 2. The Morgan fingerprint density at radius 1 is 1.00 bits per heavy atom. The van der Waals surface area contributed by atoms with Crippen LogP contribution in [0.25, 0.3) is 10.9 Å². The van der Waals surface area contributed by atoms with Crippen LogP contribution in [-0.4, -0.2) is 41.3 Å². The summed E-state index contributed by atoms with van der Waals surface area (Å²) in [4.78, 5) is 32.2. The molecule has 0 atom stereocenters. The van der Waals surface area contributed by atoms with Gasteiger partial charge in [0.2, 0.25) is 0 Å². The second-order valence-corrected chi connectivity index (χ2v) is 10.4. The summed E-state index contributed by atoms with van der Waals surface area (Å²) in [6.45, 7) is 5.11. The maximum atomic E-state index is 13.3. The van der Waals surface area contributed by atoms with E-state index in [0.29, 0.717) is 0 Å². The van der Waals surface area contributed by atoms with E-state index in [1.807, 2.05) is 31.2 Å². The molecule has 0 spiro atoms. The van der Waals surface area contributed by atoms with Crippen molar-refractivity contribution in [3.05, 3.63) is 65.9 Å². The van der Waals surface area contributed by atoms with Gasteiger partial charge in [-0.15, -0.1) is 0 Å². The van der Waals surface area contributed by atoms with Crippen molar-refractivity contribution in [3.63, 3.8) is 0 Å². The van der Waals surface area contributed by atoms with E-state index >= 15 is 0 Å². The van der Waals surface area contributed by atoms with Crippen molar-refractivity contribution in [3.8, 4) is 0 Å². The van der Waals surface area contributed by atoms with Gasteiger partial charge in [0.25, 0.3) is 15.7 Å². The van der Waals surface area contributed by atoms with Crippen LogP contribution in [-0.2, 0) is 21.2 Å². The highest BCUT2D eigenvalue weighted by atomic mass is 32.2. The van der Waals surface area contributed by atoms with Crippen molar-refractivity contribution in [2.24, 2.45) is 0 Å². The third-order valence-electron chi connectivity index (χ3n) is 5.95. The second-order valence-electron chi connectivity index (χ2n) is 8.45. The van der Waals surface area contributed by atoms with E-state index in [1.54, 1.807) is 20.0 Å². The van der Waals surface area contributed by atoms with Gasteiger partial charge >= 0.3 is 11.5 Å². The summed E-state index contributed by atoms with van der Waals surface area (Å²) in [5.74, 6) is -0.583. The molecule has 3 aromatic rings. The average Bonchev–Trinajstić information content (AvgIpc) is 2.94. The minimum absolute atomic E-state index is 0.0250. The normalized spacial score (nSPS) is 16.5. The quantitative estimate of drug-likeness (QED) is 0.499. The minimum Gasteiger partial charge on any atom is -0.305 e. The first-order chi connectivity index (χ1) is 15.8. The van der Waals surface area contributed by atoms with Gasteiger partial charge in [-0.3, -0.25) is 9.78 Å². The van der Waals surface area contributed by atoms with Crippen LogP contribution in [0.3, 0.4) is 0 Å². The van der Waals surface area contributed by atoms with Gasteiger partial charge in [0.05, 0.1) is 16.1 Å². The third-order valence-corrected chi connectivity index (χ3v) is 7.45. The van der Waals surface area contributed by atoms with Crippen LogP contribution >= 0.6 is 0 Å². The van der Waals surface area contributed by atoms with Crippen LogP contribution in [0, 0.1) is 6.92 Å². The molecule has 0 N–H and O–H groups in total. The molecule has 1 fully saturated rings. The molecule has 4 rings (SSSR count). The second kappa shape index (κ2) is 7.79.